The second-order valence-electron chi connectivity index (χ2n) is 5.10. The number of rotatable bonds is 3. The number of benzene rings is 1. The van der Waals surface area contributed by atoms with Gasteiger partial charge in [0.05, 0.1) is 5.56 Å². The van der Waals surface area contributed by atoms with Crippen LogP contribution in [-0.4, -0.2) is 35.2 Å². The van der Waals surface area contributed by atoms with Crippen LogP contribution in [0.1, 0.15) is 0 Å². The van der Waals surface area contributed by atoms with Gasteiger partial charge < -0.3 is 14.8 Å². The number of aromatic hydroxyl groups is 1. The number of hydrogen-bond acceptors (Lipinski definition) is 4. The smallest absolute Gasteiger partial charge is 0.200 e. The van der Waals surface area contributed by atoms with Gasteiger partial charge in [0.15, 0.2) is 11.5 Å². The summed E-state index contributed by atoms with van der Waals surface area (Å²) in [4.78, 5) is 7.36. The van der Waals surface area contributed by atoms with Crippen molar-refractivity contribution in [2.24, 2.45) is 0 Å². The quantitative estimate of drug-likeness (QED) is 0.538. The summed E-state index contributed by atoms with van der Waals surface area (Å²) < 4.78 is 15.8. The lowest BCUT2D eigenvalue weighted by atomic mass is 10.1. The summed E-state index contributed by atoms with van der Waals surface area (Å²) in [6.45, 7) is 0. The molecular formula is C15H13N5O2S. The largest absolute Gasteiger partial charge is 0.494 e. The summed E-state index contributed by atoms with van der Waals surface area (Å²) in [5, 5.41) is 15.4. The first kappa shape index (κ1) is 13.8. The molecule has 23 heavy (non-hydrogen) atoms. The van der Waals surface area contributed by atoms with Gasteiger partial charge in [-0.3, -0.25) is 0 Å². The third kappa shape index (κ3) is 2.33. The second-order valence-corrected chi connectivity index (χ2v) is 6.22. The van der Waals surface area contributed by atoms with Gasteiger partial charge in [-0.1, -0.05) is 6.07 Å². The summed E-state index contributed by atoms with van der Waals surface area (Å²) >= 11 is 0. The maximum absolute atomic E-state index is 11.3. The van der Waals surface area contributed by atoms with Gasteiger partial charge in [0.25, 0.3) is 0 Å². The summed E-state index contributed by atoms with van der Waals surface area (Å²) in [5.41, 5.74) is 2.67. The lowest BCUT2D eigenvalue weighted by molar-refractivity contribution is 0.460. The molecule has 1 unspecified atom stereocenters. The Morgan fingerprint density at radius 3 is 2.96 bits per heavy atom. The van der Waals surface area contributed by atoms with Crippen molar-refractivity contribution in [3.63, 3.8) is 0 Å². The highest BCUT2D eigenvalue weighted by Crippen LogP contribution is 2.36. The minimum absolute atomic E-state index is 0.00526. The van der Waals surface area contributed by atoms with E-state index in [2.05, 4.69) is 19.8 Å². The van der Waals surface area contributed by atoms with Crippen LogP contribution in [-0.2, 0) is 11.0 Å². The number of aromatic amines is 1. The molecule has 4 aromatic rings. The molecule has 0 aliphatic carbocycles. The first-order valence-electron chi connectivity index (χ1n) is 6.88. The first-order valence-corrected chi connectivity index (χ1v) is 8.44. The van der Waals surface area contributed by atoms with Crippen LogP contribution in [0.5, 0.6) is 5.88 Å². The monoisotopic (exact) mass is 327 g/mol. The Balaban J connectivity index is 1.93. The number of aromatic nitrogens is 4. The van der Waals surface area contributed by atoms with Gasteiger partial charge >= 0.3 is 0 Å². The van der Waals surface area contributed by atoms with Gasteiger partial charge in [-0.2, -0.15) is 0 Å². The van der Waals surface area contributed by atoms with E-state index in [9.17, 15) is 9.32 Å². The average Bonchev–Trinajstić information content (AvgIpc) is 3.05. The molecule has 0 aliphatic rings. The molecule has 0 amide bonds. The molecule has 3 heterocycles. The van der Waals surface area contributed by atoms with E-state index in [0.29, 0.717) is 22.7 Å². The highest BCUT2D eigenvalue weighted by atomic mass is 32.2. The molecule has 0 spiro atoms. The third-order valence-electron chi connectivity index (χ3n) is 3.51. The zero-order valence-corrected chi connectivity index (χ0v) is 13.0. The fraction of sp³-hybridized carbons (Fsp3) is 0.0667. The van der Waals surface area contributed by atoms with Crippen molar-refractivity contribution in [2.45, 2.75) is 0 Å². The predicted octanol–water partition coefficient (Wildman–Crippen LogP) is 2.29. The first-order chi connectivity index (χ1) is 11.1. The molecule has 1 atom stereocenters. The molecule has 0 fully saturated rings. The number of nitrogens with one attached hydrogen (secondary N) is 2. The van der Waals surface area contributed by atoms with Crippen molar-refractivity contribution < 1.29 is 9.32 Å². The Morgan fingerprint density at radius 2 is 2.17 bits per heavy atom. The number of anilines is 1. The number of pyridine rings is 1. The van der Waals surface area contributed by atoms with Crippen LogP contribution in [0.15, 0.2) is 42.6 Å². The van der Waals surface area contributed by atoms with E-state index in [4.69, 9.17) is 0 Å². The number of H-pyrrole nitrogens is 1. The molecular weight excluding hydrogens is 314 g/mol. The van der Waals surface area contributed by atoms with Crippen molar-refractivity contribution >= 4 is 33.2 Å². The second kappa shape index (κ2) is 5.10. The zero-order valence-electron chi connectivity index (χ0n) is 12.1. The fourth-order valence-corrected chi connectivity index (χ4v) is 3.03. The summed E-state index contributed by atoms with van der Waals surface area (Å²) in [6, 6.07) is 11.0. The van der Waals surface area contributed by atoms with Gasteiger partial charge in [0.2, 0.25) is 5.88 Å². The fourth-order valence-electron chi connectivity index (χ4n) is 2.57. The molecule has 0 aliphatic heterocycles. The van der Waals surface area contributed by atoms with E-state index in [-0.39, 0.29) is 5.88 Å². The highest BCUT2D eigenvalue weighted by Gasteiger charge is 2.18. The SMILES string of the molecule is CS(=O)Nc1ccc2[nH]c(O)c(-c3nc4ccccn4n3)c2c1. The molecule has 0 saturated heterocycles. The van der Waals surface area contributed by atoms with Gasteiger partial charge in [-0.15, -0.1) is 5.10 Å². The molecule has 7 nitrogen and oxygen atoms in total. The molecule has 116 valence electrons. The van der Waals surface area contributed by atoms with E-state index < -0.39 is 11.0 Å². The van der Waals surface area contributed by atoms with Crippen LogP contribution in [0.4, 0.5) is 5.69 Å². The van der Waals surface area contributed by atoms with Crippen molar-refractivity contribution in [1.29, 1.82) is 0 Å². The Hall–Kier alpha value is -2.87. The van der Waals surface area contributed by atoms with Crippen LogP contribution in [0.2, 0.25) is 0 Å². The normalized spacial score (nSPS) is 12.7. The Bertz CT molecular complexity index is 1020. The van der Waals surface area contributed by atoms with E-state index in [1.165, 1.54) is 0 Å². The topological polar surface area (TPSA) is 95.3 Å². The average molecular weight is 327 g/mol. The van der Waals surface area contributed by atoms with Gasteiger partial charge in [0, 0.05) is 29.0 Å². The minimum Gasteiger partial charge on any atom is -0.494 e. The highest BCUT2D eigenvalue weighted by molar-refractivity contribution is 7.85. The summed E-state index contributed by atoms with van der Waals surface area (Å²) in [7, 11) is -1.17. The zero-order chi connectivity index (χ0) is 16.0. The summed E-state index contributed by atoms with van der Waals surface area (Å²) in [5.74, 6) is 0.431. The maximum atomic E-state index is 11.3. The lowest BCUT2D eigenvalue weighted by Gasteiger charge is -2.02. The molecule has 8 heteroatoms. The van der Waals surface area contributed by atoms with Crippen LogP contribution in [0, 0.1) is 0 Å². The third-order valence-corrected chi connectivity index (χ3v) is 4.03. The molecule has 0 saturated carbocycles. The van der Waals surface area contributed by atoms with Crippen molar-refractivity contribution in [3.05, 3.63) is 42.6 Å². The van der Waals surface area contributed by atoms with Crippen molar-refractivity contribution in [3.8, 4) is 17.3 Å². The number of hydrogen-bond donors (Lipinski definition) is 3. The molecule has 0 radical (unpaired) electrons. The van der Waals surface area contributed by atoms with Gasteiger partial charge in [0.1, 0.15) is 11.0 Å². The van der Waals surface area contributed by atoms with E-state index in [1.54, 1.807) is 23.0 Å². The van der Waals surface area contributed by atoms with E-state index >= 15 is 0 Å². The van der Waals surface area contributed by atoms with Crippen LogP contribution in [0.3, 0.4) is 0 Å². The van der Waals surface area contributed by atoms with Crippen molar-refractivity contribution in [1.82, 2.24) is 19.6 Å². The molecule has 1 aromatic carbocycles. The Labute approximate surface area is 133 Å². The number of fused-ring (bicyclic) bond motifs is 2. The van der Waals surface area contributed by atoms with Crippen LogP contribution >= 0.6 is 0 Å². The van der Waals surface area contributed by atoms with E-state index in [0.717, 1.165) is 10.9 Å². The summed E-state index contributed by atoms with van der Waals surface area (Å²) in [6.07, 6.45) is 3.36. The van der Waals surface area contributed by atoms with Crippen LogP contribution < -0.4 is 4.72 Å². The molecule has 4 rings (SSSR count). The maximum Gasteiger partial charge on any atom is 0.200 e. The van der Waals surface area contributed by atoms with Crippen LogP contribution in [0.25, 0.3) is 27.9 Å². The Kier molecular flexibility index (Phi) is 3.05. The molecule has 3 aromatic heterocycles. The predicted molar refractivity (Wildman–Crippen MR) is 89.6 cm³/mol. The number of nitrogens with zero attached hydrogens (tertiary/aromatic N) is 3. The van der Waals surface area contributed by atoms with E-state index in [1.807, 2.05) is 30.3 Å². The standard InChI is InChI=1S/C15H13N5O2S/c1-23(22)19-9-5-6-11-10(8-9)13(15(21)16-11)14-17-12-4-2-3-7-20(12)18-14/h2-8,16,19,21H,1H3. The van der Waals surface area contributed by atoms with Crippen molar-refractivity contribution in [2.75, 3.05) is 11.0 Å². The van der Waals surface area contributed by atoms with Gasteiger partial charge in [-0.05, 0) is 30.3 Å². The Morgan fingerprint density at radius 1 is 1.30 bits per heavy atom. The molecule has 0 bridgehead atoms. The lowest BCUT2D eigenvalue weighted by Crippen LogP contribution is -2.00. The molecule has 3 N–H and O–H groups in total. The van der Waals surface area contributed by atoms with Gasteiger partial charge in [-0.25, -0.2) is 13.7 Å². The minimum atomic E-state index is -1.17.